The van der Waals surface area contributed by atoms with Crippen LogP contribution in [0, 0.1) is 24.8 Å². The molecule has 1 saturated carbocycles. The quantitative estimate of drug-likeness (QED) is 0.102. The number of aliphatic hydroxyl groups is 1. The standard InChI is InChI=1S/C27H22NO.C11H20O2.Ir/c1-17-14-23-22-8-4-5-9-25(22)29-27(23)24(15-17)26-21-11-10-19(18-6-2-3-7-18)16-20(21)12-13-28-26;1-8(2)5-10(12)7-11(13)6-9(3)4;/h4-5,8-14,16,18H,2-3,6-7H2,1H3;7-9,12H,5-6H2,1-4H3;/q-1;;/b;10-7-;/i18D;;. The Hall–Kier alpha value is -3.27. The average molecular weight is 754 g/mol. The summed E-state index contributed by atoms with van der Waals surface area (Å²) in [4.78, 5) is 16.0. The molecule has 0 atom stereocenters. The van der Waals surface area contributed by atoms with Crippen molar-refractivity contribution < 1.29 is 35.8 Å². The number of para-hydroxylation sites is 1. The topological polar surface area (TPSA) is 63.3 Å². The van der Waals surface area contributed by atoms with Gasteiger partial charge in [0.05, 0.1) is 11.3 Å². The number of hydrogen-bond acceptors (Lipinski definition) is 4. The molecule has 3 aromatic carbocycles. The van der Waals surface area contributed by atoms with E-state index in [9.17, 15) is 9.90 Å². The normalized spacial score (nSPS) is 15.0. The number of aryl methyl sites for hydroxylation is 1. The zero-order valence-electron chi connectivity index (χ0n) is 26.8. The van der Waals surface area contributed by atoms with E-state index in [1.165, 1.54) is 6.08 Å². The van der Waals surface area contributed by atoms with Crippen LogP contribution in [-0.4, -0.2) is 15.9 Å². The fourth-order valence-electron chi connectivity index (χ4n) is 5.88. The number of hydrogen-bond donors (Lipinski definition) is 1. The van der Waals surface area contributed by atoms with Crippen LogP contribution >= 0.6 is 0 Å². The number of nitrogens with zero attached hydrogens (tertiary/aromatic N) is 1. The van der Waals surface area contributed by atoms with Gasteiger partial charge in [-0.3, -0.25) is 4.79 Å². The van der Waals surface area contributed by atoms with Crippen LogP contribution in [0.15, 0.2) is 77.0 Å². The van der Waals surface area contributed by atoms with Gasteiger partial charge in [-0.05, 0) is 64.7 Å². The van der Waals surface area contributed by atoms with Crippen molar-refractivity contribution in [1.82, 2.24) is 4.98 Å². The molecule has 1 aliphatic carbocycles. The smallest absolute Gasteiger partial charge is 0.159 e. The van der Waals surface area contributed by atoms with Gasteiger partial charge in [0.15, 0.2) is 5.78 Å². The van der Waals surface area contributed by atoms with Gasteiger partial charge < -0.3 is 14.5 Å². The summed E-state index contributed by atoms with van der Waals surface area (Å²) in [5.74, 6) is 0.534. The Labute approximate surface area is 270 Å². The van der Waals surface area contributed by atoms with Gasteiger partial charge in [-0.2, -0.15) is 0 Å². The van der Waals surface area contributed by atoms with Crippen molar-refractivity contribution in [2.75, 3.05) is 0 Å². The Kier molecular flexibility index (Phi) is 10.5. The fourth-order valence-corrected chi connectivity index (χ4v) is 5.88. The first-order chi connectivity index (χ1) is 20.5. The van der Waals surface area contributed by atoms with Gasteiger partial charge in [-0.15, -0.1) is 17.7 Å². The molecule has 43 heavy (non-hydrogen) atoms. The molecule has 5 heteroatoms. The molecule has 2 heterocycles. The summed E-state index contributed by atoms with van der Waals surface area (Å²) in [5.41, 5.74) is 5.69. The molecule has 6 rings (SSSR count). The number of furan rings is 1. The van der Waals surface area contributed by atoms with Crippen LogP contribution in [-0.2, 0) is 24.9 Å². The third kappa shape index (κ3) is 7.82. The number of pyridine rings is 1. The van der Waals surface area contributed by atoms with Gasteiger partial charge in [0.1, 0.15) is 5.58 Å². The van der Waals surface area contributed by atoms with Crippen LogP contribution in [0.4, 0.5) is 0 Å². The molecular formula is C38H42IrNO3-. The Morgan fingerprint density at radius 1 is 1.02 bits per heavy atom. The molecule has 5 aromatic rings. The number of carbonyl (C=O) groups is 1. The number of ketones is 1. The Morgan fingerprint density at radius 2 is 1.74 bits per heavy atom. The van der Waals surface area contributed by atoms with E-state index in [-0.39, 0.29) is 31.6 Å². The molecule has 1 fully saturated rings. The van der Waals surface area contributed by atoms with E-state index >= 15 is 0 Å². The van der Waals surface area contributed by atoms with E-state index in [2.05, 4.69) is 43.3 Å². The molecule has 0 spiro atoms. The van der Waals surface area contributed by atoms with Crippen molar-refractivity contribution >= 4 is 38.5 Å². The molecule has 4 nitrogen and oxygen atoms in total. The van der Waals surface area contributed by atoms with Gasteiger partial charge >= 0.3 is 0 Å². The van der Waals surface area contributed by atoms with Crippen LogP contribution in [0.3, 0.4) is 0 Å². The van der Waals surface area contributed by atoms with Gasteiger partial charge in [0.2, 0.25) is 0 Å². The minimum absolute atomic E-state index is 0. The summed E-state index contributed by atoms with van der Waals surface area (Å²) in [6, 6.07) is 22.3. The van der Waals surface area contributed by atoms with E-state index in [4.69, 9.17) is 10.8 Å². The molecule has 1 N–H and O–H groups in total. The Morgan fingerprint density at radius 3 is 2.47 bits per heavy atom. The SMILES string of the molecule is CC(C)CC(=O)/C=C(\O)CC(C)C.[2H]C1(c2ccc3c(-c4[c-]c(C)cc5c4oc4ccccc45)nccc3c2)CCCC1.[Ir]. The second-order valence-electron chi connectivity index (χ2n) is 12.4. The number of carbonyl (C=O) groups excluding carboxylic acids is 1. The molecule has 1 radical (unpaired) electrons. The predicted octanol–water partition coefficient (Wildman–Crippen LogP) is 10.7. The molecule has 0 saturated heterocycles. The number of rotatable bonds is 7. The maximum absolute atomic E-state index is 11.2. The Balaban J connectivity index is 0.000000271. The zero-order chi connectivity index (χ0) is 30.7. The number of allylic oxidation sites excluding steroid dienone is 2. The number of fused-ring (bicyclic) bond motifs is 4. The van der Waals surface area contributed by atoms with E-state index in [0.29, 0.717) is 24.7 Å². The van der Waals surface area contributed by atoms with E-state index in [0.717, 1.165) is 80.8 Å². The largest absolute Gasteiger partial charge is 0.512 e. The molecule has 227 valence electrons. The molecule has 0 bridgehead atoms. The third-order valence-electron chi connectivity index (χ3n) is 7.71. The van der Waals surface area contributed by atoms with Gasteiger partial charge in [0, 0.05) is 52.0 Å². The van der Waals surface area contributed by atoms with E-state index in [1.54, 1.807) is 0 Å². The van der Waals surface area contributed by atoms with Crippen molar-refractivity contribution in [1.29, 1.82) is 0 Å². The molecule has 0 unspecified atom stereocenters. The van der Waals surface area contributed by atoms with Crippen LogP contribution in [0.25, 0.3) is 44.0 Å². The Bertz CT molecular complexity index is 1800. The summed E-state index contributed by atoms with van der Waals surface area (Å²) >= 11 is 0. The van der Waals surface area contributed by atoms with Crippen LogP contribution in [0.5, 0.6) is 0 Å². The van der Waals surface area contributed by atoms with Gasteiger partial charge in [0.25, 0.3) is 0 Å². The number of aliphatic hydroxyl groups excluding tert-OH is 1. The van der Waals surface area contributed by atoms with E-state index < -0.39 is 5.89 Å². The molecule has 2 aromatic heterocycles. The summed E-state index contributed by atoms with van der Waals surface area (Å²) < 4.78 is 15.1. The van der Waals surface area contributed by atoms with Crippen molar-refractivity contribution in [3.05, 3.63) is 89.8 Å². The first-order valence-electron chi connectivity index (χ1n) is 15.7. The van der Waals surface area contributed by atoms with Gasteiger partial charge in [-0.25, -0.2) is 0 Å². The molecule has 0 amide bonds. The summed E-state index contributed by atoms with van der Waals surface area (Å²) in [7, 11) is 0. The molecule has 0 aliphatic heterocycles. The number of aromatic nitrogens is 1. The van der Waals surface area contributed by atoms with Gasteiger partial charge in [-0.1, -0.05) is 94.8 Å². The maximum Gasteiger partial charge on any atom is 0.159 e. The van der Waals surface area contributed by atoms with Crippen molar-refractivity contribution in [3.63, 3.8) is 0 Å². The third-order valence-corrected chi connectivity index (χ3v) is 7.71. The van der Waals surface area contributed by atoms with Crippen molar-refractivity contribution in [2.24, 2.45) is 11.8 Å². The monoisotopic (exact) mass is 754 g/mol. The van der Waals surface area contributed by atoms with Crippen molar-refractivity contribution in [2.45, 2.75) is 79.0 Å². The first kappa shape index (κ1) is 31.2. The fraction of sp³-hybridized carbons (Fsp3) is 0.368. The van der Waals surface area contributed by atoms with Crippen LogP contribution < -0.4 is 0 Å². The van der Waals surface area contributed by atoms with Crippen molar-refractivity contribution in [3.8, 4) is 11.3 Å². The maximum atomic E-state index is 11.2. The zero-order valence-corrected chi connectivity index (χ0v) is 28.2. The minimum atomic E-state index is -0.445. The van der Waals surface area contributed by atoms with Crippen LogP contribution in [0.2, 0.25) is 0 Å². The molecular weight excluding hydrogens is 711 g/mol. The predicted molar refractivity (Wildman–Crippen MR) is 174 cm³/mol. The van der Waals surface area contributed by atoms with E-state index in [1.807, 2.05) is 58.2 Å². The second-order valence-corrected chi connectivity index (χ2v) is 12.4. The number of benzene rings is 3. The van der Waals surface area contributed by atoms with Crippen LogP contribution in [0.1, 0.15) is 84.6 Å². The molecule has 1 aliphatic rings. The summed E-state index contributed by atoms with van der Waals surface area (Å²) in [6.07, 6.45) is 8.50. The first-order valence-corrected chi connectivity index (χ1v) is 15.2. The minimum Gasteiger partial charge on any atom is -0.512 e. The summed E-state index contributed by atoms with van der Waals surface area (Å²) in [5, 5.41) is 13.8. The summed E-state index contributed by atoms with van der Waals surface area (Å²) in [6.45, 7) is 10.1. The second kappa shape index (κ2) is 14.5. The average Bonchev–Trinajstić information content (AvgIpc) is 3.56.